The summed E-state index contributed by atoms with van der Waals surface area (Å²) in [6.07, 6.45) is 0.791. The van der Waals surface area contributed by atoms with Crippen molar-refractivity contribution in [2.75, 3.05) is 6.54 Å². The van der Waals surface area contributed by atoms with Crippen molar-refractivity contribution in [3.05, 3.63) is 94.4 Å². The van der Waals surface area contributed by atoms with E-state index in [0.29, 0.717) is 24.9 Å². The molecule has 1 aromatic heterocycles. The number of nitrogens with zero attached hydrogens (tertiary/aromatic N) is 1. The van der Waals surface area contributed by atoms with Crippen molar-refractivity contribution in [1.29, 1.82) is 0 Å². The summed E-state index contributed by atoms with van der Waals surface area (Å²) in [5.74, 6) is 0.919. The van der Waals surface area contributed by atoms with Gasteiger partial charge in [0.2, 0.25) is 0 Å². The van der Waals surface area contributed by atoms with Crippen LogP contribution >= 0.6 is 11.6 Å². The number of rotatable bonds is 9. The summed E-state index contributed by atoms with van der Waals surface area (Å²) in [6.45, 7) is 6.17. The lowest BCUT2D eigenvalue weighted by Gasteiger charge is -2.26. The zero-order chi connectivity index (χ0) is 20.6. The molecule has 0 fully saturated rings. The second-order valence-electron chi connectivity index (χ2n) is 7.35. The summed E-state index contributed by atoms with van der Waals surface area (Å²) in [4.78, 5) is 14.6. The molecule has 4 nitrogen and oxygen atoms in total. The first kappa shape index (κ1) is 21.2. The number of nitrogens with one attached hydrogen (secondary N) is 1. The van der Waals surface area contributed by atoms with E-state index in [9.17, 15) is 4.79 Å². The number of benzene rings is 2. The molecule has 0 saturated carbocycles. The lowest BCUT2D eigenvalue weighted by Crippen LogP contribution is -2.29. The third-order valence-corrected chi connectivity index (χ3v) is 5.22. The van der Waals surface area contributed by atoms with E-state index in [4.69, 9.17) is 16.0 Å². The molecule has 0 bridgehead atoms. The van der Waals surface area contributed by atoms with Gasteiger partial charge in [-0.2, -0.15) is 0 Å². The van der Waals surface area contributed by atoms with Crippen molar-refractivity contribution in [3.63, 3.8) is 0 Å². The zero-order valence-corrected chi connectivity index (χ0v) is 17.7. The van der Waals surface area contributed by atoms with Crippen molar-refractivity contribution in [2.45, 2.75) is 39.4 Å². The van der Waals surface area contributed by atoms with Gasteiger partial charge in [0.05, 0.1) is 6.54 Å². The second-order valence-corrected chi connectivity index (χ2v) is 7.75. The van der Waals surface area contributed by atoms with E-state index in [1.54, 1.807) is 6.07 Å². The van der Waals surface area contributed by atoms with Crippen LogP contribution in [0.15, 0.2) is 71.1 Å². The molecule has 0 saturated heterocycles. The monoisotopic (exact) mass is 410 g/mol. The van der Waals surface area contributed by atoms with E-state index in [2.05, 4.69) is 36.2 Å². The largest absolute Gasteiger partial charge is 0.455 e. The minimum absolute atomic E-state index is 0.186. The number of halogens is 1. The number of amides is 1. The van der Waals surface area contributed by atoms with E-state index >= 15 is 0 Å². The Kier molecular flexibility index (Phi) is 7.50. The van der Waals surface area contributed by atoms with Gasteiger partial charge in [0.15, 0.2) is 5.76 Å². The molecule has 29 heavy (non-hydrogen) atoms. The Hall–Kier alpha value is -2.56. The Morgan fingerprint density at radius 2 is 1.72 bits per heavy atom. The van der Waals surface area contributed by atoms with Gasteiger partial charge in [-0.15, -0.1) is 0 Å². The molecular weight excluding hydrogens is 384 g/mol. The van der Waals surface area contributed by atoms with Crippen LogP contribution in [0.2, 0.25) is 5.02 Å². The van der Waals surface area contributed by atoms with E-state index in [1.807, 2.05) is 48.5 Å². The Labute approximate surface area is 177 Å². The van der Waals surface area contributed by atoms with E-state index < -0.39 is 0 Å². The van der Waals surface area contributed by atoms with Gasteiger partial charge in [0.1, 0.15) is 5.76 Å². The molecule has 2 aromatic carbocycles. The summed E-state index contributed by atoms with van der Waals surface area (Å²) in [7, 11) is 0. The lowest BCUT2D eigenvalue weighted by atomic mass is 10.1. The smallest absolute Gasteiger partial charge is 0.287 e. The van der Waals surface area contributed by atoms with Crippen LogP contribution in [0.1, 0.15) is 41.3 Å². The third-order valence-electron chi connectivity index (χ3n) is 4.85. The summed E-state index contributed by atoms with van der Waals surface area (Å²) >= 11 is 6.31. The molecule has 3 aromatic rings. The maximum absolute atomic E-state index is 12.4. The van der Waals surface area contributed by atoms with Crippen LogP contribution in [0.25, 0.3) is 0 Å². The average Bonchev–Trinajstić information content (AvgIpc) is 3.18. The van der Waals surface area contributed by atoms with Crippen molar-refractivity contribution in [3.8, 4) is 0 Å². The molecule has 0 aliphatic rings. The molecular formula is C24H27ClN2O2. The van der Waals surface area contributed by atoms with Gasteiger partial charge in [-0.1, -0.05) is 60.1 Å². The van der Waals surface area contributed by atoms with E-state index in [-0.39, 0.29) is 5.91 Å². The fourth-order valence-electron chi connectivity index (χ4n) is 3.10. The Balaban J connectivity index is 1.56. The predicted octanol–water partition coefficient (Wildman–Crippen LogP) is 5.32. The maximum atomic E-state index is 12.4. The van der Waals surface area contributed by atoms with Gasteiger partial charge in [0.25, 0.3) is 5.91 Å². The molecule has 1 heterocycles. The number of hydrogen-bond acceptors (Lipinski definition) is 3. The first-order chi connectivity index (χ1) is 14.0. The van der Waals surface area contributed by atoms with Crippen LogP contribution in [-0.2, 0) is 19.5 Å². The van der Waals surface area contributed by atoms with Gasteiger partial charge in [-0.05, 0) is 49.6 Å². The predicted molar refractivity (Wildman–Crippen MR) is 117 cm³/mol. The molecule has 0 atom stereocenters. The molecule has 0 radical (unpaired) electrons. The van der Waals surface area contributed by atoms with E-state index in [1.165, 1.54) is 5.56 Å². The lowest BCUT2D eigenvalue weighted by molar-refractivity contribution is 0.0921. The van der Waals surface area contributed by atoms with E-state index in [0.717, 1.165) is 29.3 Å². The molecule has 3 rings (SSSR count). The maximum Gasteiger partial charge on any atom is 0.287 e. The average molecular weight is 411 g/mol. The van der Waals surface area contributed by atoms with Crippen molar-refractivity contribution in [1.82, 2.24) is 10.2 Å². The minimum Gasteiger partial charge on any atom is -0.455 e. The van der Waals surface area contributed by atoms with Gasteiger partial charge >= 0.3 is 0 Å². The summed E-state index contributed by atoms with van der Waals surface area (Å²) in [5.41, 5.74) is 2.27. The van der Waals surface area contributed by atoms with Crippen LogP contribution in [0.5, 0.6) is 0 Å². The first-order valence-corrected chi connectivity index (χ1v) is 10.3. The van der Waals surface area contributed by atoms with Gasteiger partial charge < -0.3 is 9.73 Å². The fourth-order valence-corrected chi connectivity index (χ4v) is 3.30. The van der Waals surface area contributed by atoms with Crippen LogP contribution in [0, 0.1) is 0 Å². The molecule has 0 aliphatic heterocycles. The summed E-state index contributed by atoms with van der Waals surface area (Å²) < 4.78 is 5.81. The Morgan fingerprint density at radius 1 is 1.00 bits per heavy atom. The highest BCUT2D eigenvalue weighted by atomic mass is 35.5. The number of furan rings is 1. The highest BCUT2D eigenvalue weighted by Crippen LogP contribution is 2.20. The highest BCUT2D eigenvalue weighted by Gasteiger charge is 2.16. The molecule has 1 amide bonds. The van der Waals surface area contributed by atoms with Crippen LogP contribution in [0.3, 0.4) is 0 Å². The summed E-state index contributed by atoms with van der Waals surface area (Å²) in [5, 5.41) is 3.68. The second kappa shape index (κ2) is 10.3. The zero-order valence-electron chi connectivity index (χ0n) is 16.9. The standard InChI is InChI=1S/C24H27ClN2O2/c1-18(2)27(16-20-10-6-7-11-22(20)25)17-21-12-13-23(29-21)24(28)26-15-14-19-8-4-3-5-9-19/h3-13,18H,14-17H2,1-2H3,(H,26,28). The normalized spacial score (nSPS) is 11.2. The van der Waals surface area contributed by atoms with Gasteiger partial charge in [-0.3, -0.25) is 9.69 Å². The molecule has 1 N–H and O–H groups in total. The Morgan fingerprint density at radius 3 is 2.45 bits per heavy atom. The number of carbonyl (C=O) groups excluding carboxylic acids is 1. The minimum atomic E-state index is -0.186. The van der Waals surface area contributed by atoms with Crippen LogP contribution in [-0.4, -0.2) is 23.4 Å². The van der Waals surface area contributed by atoms with Crippen LogP contribution in [0.4, 0.5) is 0 Å². The van der Waals surface area contributed by atoms with Crippen molar-refractivity contribution >= 4 is 17.5 Å². The number of carbonyl (C=O) groups is 1. The summed E-state index contributed by atoms with van der Waals surface area (Å²) in [6, 6.07) is 21.9. The van der Waals surface area contributed by atoms with Crippen molar-refractivity contribution < 1.29 is 9.21 Å². The molecule has 0 spiro atoms. The molecule has 0 aliphatic carbocycles. The van der Waals surface area contributed by atoms with Gasteiger partial charge in [-0.25, -0.2) is 0 Å². The quantitative estimate of drug-likeness (QED) is 0.519. The first-order valence-electron chi connectivity index (χ1n) is 9.91. The van der Waals surface area contributed by atoms with Crippen molar-refractivity contribution in [2.24, 2.45) is 0 Å². The molecule has 0 unspecified atom stereocenters. The Bertz CT molecular complexity index is 921. The fraction of sp³-hybridized carbons (Fsp3) is 0.292. The van der Waals surface area contributed by atoms with Gasteiger partial charge in [0, 0.05) is 24.2 Å². The topological polar surface area (TPSA) is 45.5 Å². The highest BCUT2D eigenvalue weighted by molar-refractivity contribution is 6.31. The molecule has 152 valence electrons. The third kappa shape index (κ3) is 6.21. The molecule has 5 heteroatoms. The SMILES string of the molecule is CC(C)N(Cc1ccc(C(=O)NCCc2ccccc2)o1)Cc1ccccc1Cl. The number of hydrogen-bond donors (Lipinski definition) is 1. The van der Waals surface area contributed by atoms with Crippen LogP contribution < -0.4 is 5.32 Å².